The first-order chi connectivity index (χ1) is 7.44. The lowest BCUT2D eigenvalue weighted by molar-refractivity contribution is -0.140. The van der Waals surface area contributed by atoms with Crippen LogP contribution >= 0.6 is 0 Å². The van der Waals surface area contributed by atoms with Crippen LogP contribution in [0.2, 0.25) is 0 Å². The standard InChI is InChI=1S/C10H19NO4S/c1-8(9-5-6-9)11-16(13,14)7-3-4-10(12)15-2/h8-9,11H,3-7H2,1-2H3. The molecule has 6 heteroatoms. The summed E-state index contributed by atoms with van der Waals surface area (Å²) in [6, 6.07) is 0.0168. The number of rotatable bonds is 7. The van der Waals surface area contributed by atoms with Crippen LogP contribution in [0.5, 0.6) is 0 Å². The fourth-order valence-corrected chi connectivity index (χ4v) is 2.94. The van der Waals surface area contributed by atoms with Gasteiger partial charge in [-0.05, 0) is 32.1 Å². The first kappa shape index (κ1) is 13.4. The molecule has 0 aromatic heterocycles. The van der Waals surface area contributed by atoms with Gasteiger partial charge in [-0.25, -0.2) is 13.1 Å². The summed E-state index contributed by atoms with van der Waals surface area (Å²) in [6.45, 7) is 1.88. The zero-order valence-corrected chi connectivity index (χ0v) is 10.5. The van der Waals surface area contributed by atoms with E-state index in [1.54, 1.807) is 0 Å². The van der Waals surface area contributed by atoms with Gasteiger partial charge in [0.25, 0.3) is 0 Å². The molecule has 0 bridgehead atoms. The third-order valence-corrected chi connectivity index (χ3v) is 4.27. The van der Waals surface area contributed by atoms with Gasteiger partial charge in [0.1, 0.15) is 0 Å². The van der Waals surface area contributed by atoms with Crippen LogP contribution in [0, 0.1) is 5.92 Å². The Hall–Kier alpha value is -0.620. The summed E-state index contributed by atoms with van der Waals surface area (Å²) in [4.78, 5) is 10.8. The number of hydrogen-bond donors (Lipinski definition) is 1. The van der Waals surface area contributed by atoms with Crippen LogP contribution < -0.4 is 4.72 Å². The number of carbonyl (C=O) groups is 1. The molecule has 5 nitrogen and oxygen atoms in total. The lowest BCUT2D eigenvalue weighted by Gasteiger charge is -2.12. The number of esters is 1. The van der Waals surface area contributed by atoms with Crippen molar-refractivity contribution < 1.29 is 17.9 Å². The van der Waals surface area contributed by atoms with Crippen LogP contribution in [0.4, 0.5) is 0 Å². The van der Waals surface area contributed by atoms with Crippen molar-refractivity contribution in [3.8, 4) is 0 Å². The normalized spacial score (nSPS) is 18.1. The van der Waals surface area contributed by atoms with Gasteiger partial charge in [0.05, 0.1) is 12.9 Å². The van der Waals surface area contributed by atoms with Crippen LogP contribution in [0.25, 0.3) is 0 Å². The van der Waals surface area contributed by atoms with Gasteiger partial charge in [0.15, 0.2) is 0 Å². The van der Waals surface area contributed by atoms with Crippen molar-refractivity contribution in [1.82, 2.24) is 4.72 Å². The minimum atomic E-state index is -3.25. The van der Waals surface area contributed by atoms with E-state index in [2.05, 4.69) is 9.46 Å². The van der Waals surface area contributed by atoms with E-state index in [1.165, 1.54) is 7.11 Å². The van der Waals surface area contributed by atoms with Crippen molar-refractivity contribution in [3.63, 3.8) is 0 Å². The topological polar surface area (TPSA) is 72.5 Å². The third kappa shape index (κ3) is 4.94. The Morgan fingerprint density at radius 3 is 2.62 bits per heavy atom. The minimum absolute atomic E-state index is 0.0147. The molecule has 0 spiro atoms. The van der Waals surface area contributed by atoms with Crippen molar-refractivity contribution in [3.05, 3.63) is 0 Å². The van der Waals surface area contributed by atoms with Gasteiger partial charge in [0.2, 0.25) is 10.0 Å². The third-order valence-electron chi connectivity index (χ3n) is 2.72. The van der Waals surface area contributed by atoms with Crippen molar-refractivity contribution in [1.29, 1.82) is 0 Å². The largest absolute Gasteiger partial charge is 0.469 e. The zero-order valence-electron chi connectivity index (χ0n) is 9.73. The Balaban J connectivity index is 2.25. The van der Waals surface area contributed by atoms with E-state index in [4.69, 9.17) is 0 Å². The van der Waals surface area contributed by atoms with E-state index in [9.17, 15) is 13.2 Å². The van der Waals surface area contributed by atoms with Gasteiger partial charge in [-0.3, -0.25) is 4.79 Å². The Kier molecular flexibility index (Phi) is 4.73. The summed E-state index contributed by atoms with van der Waals surface area (Å²) >= 11 is 0. The quantitative estimate of drug-likeness (QED) is 0.673. The second-order valence-electron chi connectivity index (χ2n) is 4.24. The molecule has 0 aromatic rings. The van der Waals surface area contributed by atoms with Crippen molar-refractivity contribution >= 4 is 16.0 Å². The number of methoxy groups -OCH3 is 1. The summed E-state index contributed by atoms with van der Waals surface area (Å²) in [5, 5.41) is 0. The molecule has 1 fully saturated rings. The summed E-state index contributed by atoms with van der Waals surface area (Å²) in [7, 11) is -1.95. The average molecular weight is 249 g/mol. The van der Waals surface area contributed by atoms with Crippen molar-refractivity contribution in [2.24, 2.45) is 5.92 Å². The molecule has 94 valence electrons. The second-order valence-corrected chi connectivity index (χ2v) is 6.12. The van der Waals surface area contributed by atoms with E-state index in [-0.39, 0.29) is 24.2 Å². The maximum absolute atomic E-state index is 11.6. The molecule has 1 rings (SSSR count). The lowest BCUT2D eigenvalue weighted by Crippen LogP contribution is -2.35. The molecule has 0 aromatic carbocycles. The number of hydrogen-bond acceptors (Lipinski definition) is 4. The zero-order chi connectivity index (χ0) is 12.2. The van der Waals surface area contributed by atoms with Crippen LogP contribution in [-0.2, 0) is 19.6 Å². The highest BCUT2D eigenvalue weighted by atomic mass is 32.2. The molecule has 0 amide bonds. The molecule has 1 atom stereocenters. The maximum Gasteiger partial charge on any atom is 0.305 e. The Bertz CT molecular complexity index is 335. The van der Waals surface area contributed by atoms with Gasteiger partial charge in [0, 0.05) is 12.5 Å². The maximum atomic E-state index is 11.6. The van der Waals surface area contributed by atoms with Crippen LogP contribution in [0.3, 0.4) is 0 Å². The molecule has 16 heavy (non-hydrogen) atoms. The van der Waals surface area contributed by atoms with Crippen LogP contribution in [0.15, 0.2) is 0 Å². The predicted octanol–water partition coefficient (Wildman–Crippen LogP) is 0.657. The number of ether oxygens (including phenoxy) is 1. The Labute approximate surface area is 96.6 Å². The van der Waals surface area contributed by atoms with Crippen molar-refractivity contribution in [2.75, 3.05) is 12.9 Å². The molecule has 0 radical (unpaired) electrons. The van der Waals surface area contributed by atoms with E-state index in [0.717, 1.165) is 12.8 Å². The highest BCUT2D eigenvalue weighted by molar-refractivity contribution is 7.89. The van der Waals surface area contributed by atoms with Gasteiger partial charge in [-0.1, -0.05) is 0 Å². The van der Waals surface area contributed by atoms with Gasteiger partial charge < -0.3 is 4.74 Å². The van der Waals surface area contributed by atoms with Gasteiger partial charge in [-0.2, -0.15) is 0 Å². The highest BCUT2D eigenvalue weighted by Crippen LogP contribution is 2.32. The number of sulfonamides is 1. The first-order valence-electron chi connectivity index (χ1n) is 5.51. The molecule has 1 N–H and O–H groups in total. The number of nitrogens with one attached hydrogen (secondary N) is 1. The number of carbonyl (C=O) groups excluding carboxylic acids is 1. The molecule has 1 unspecified atom stereocenters. The monoisotopic (exact) mass is 249 g/mol. The Morgan fingerprint density at radius 2 is 2.12 bits per heavy atom. The highest BCUT2D eigenvalue weighted by Gasteiger charge is 2.30. The van der Waals surface area contributed by atoms with E-state index < -0.39 is 10.0 Å². The van der Waals surface area contributed by atoms with Gasteiger partial charge in [-0.15, -0.1) is 0 Å². The van der Waals surface area contributed by atoms with E-state index in [1.807, 2.05) is 6.92 Å². The molecular formula is C10H19NO4S. The molecule has 0 heterocycles. The Morgan fingerprint density at radius 1 is 1.50 bits per heavy atom. The molecule has 1 aliphatic carbocycles. The smallest absolute Gasteiger partial charge is 0.305 e. The summed E-state index contributed by atoms with van der Waals surface area (Å²) < 4.78 is 30.2. The minimum Gasteiger partial charge on any atom is -0.469 e. The molecule has 1 aliphatic rings. The SMILES string of the molecule is COC(=O)CCCS(=O)(=O)NC(C)C1CC1. The van der Waals surface area contributed by atoms with E-state index >= 15 is 0 Å². The first-order valence-corrected chi connectivity index (χ1v) is 7.16. The van der Waals surface area contributed by atoms with E-state index in [0.29, 0.717) is 12.3 Å². The van der Waals surface area contributed by atoms with Gasteiger partial charge >= 0.3 is 5.97 Å². The van der Waals surface area contributed by atoms with Crippen molar-refractivity contribution in [2.45, 2.75) is 38.6 Å². The second kappa shape index (κ2) is 5.63. The summed E-state index contributed by atoms with van der Waals surface area (Å²) in [5.41, 5.74) is 0. The fraction of sp³-hybridized carbons (Fsp3) is 0.900. The summed E-state index contributed by atoms with van der Waals surface area (Å²) in [6.07, 6.45) is 2.66. The molecule has 0 aliphatic heterocycles. The van der Waals surface area contributed by atoms with Crippen LogP contribution in [0.1, 0.15) is 32.6 Å². The fourth-order valence-electron chi connectivity index (χ4n) is 1.54. The molecule has 0 saturated heterocycles. The molecular weight excluding hydrogens is 230 g/mol. The average Bonchev–Trinajstić information content (AvgIpc) is 2.99. The van der Waals surface area contributed by atoms with Crippen LogP contribution in [-0.4, -0.2) is 33.3 Å². The lowest BCUT2D eigenvalue weighted by atomic mass is 10.2. The molecule has 1 saturated carbocycles. The summed E-state index contributed by atoms with van der Waals surface area (Å²) in [5.74, 6) is 0.111. The predicted molar refractivity (Wildman–Crippen MR) is 60.4 cm³/mol.